The van der Waals surface area contributed by atoms with Gasteiger partial charge in [0.1, 0.15) is 0 Å². The molecule has 0 aromatic carbocycles. The number of carbonyl (C=O) groups is 1. The van der Waals surface area contributed by atoms with E-state index in [1.165, 1.54) is 32.1 Å². The van der Waals surface area contributed by atoms with E-state index in [9.17, 15) is 4.79 Å². The zero-order valence-corrected chi connectivity index (χ0v) is 12.4. The third-order valence-electron chi connectivity index (χ3n) is 4.30. The van der Waals surface area contributed by atoms with Gasteiger partial charge < -0.3 is 10.6 Å². The molecule has 4 heteroatoms. The summed E-state index contributed by atoms with van der Waals surface area (Å²) in [5.74, 6) is 1.22. The fourth-order valence-corrected chi connectivity index (χ4v) is 3.34. The number of hydrogen-bond acceptors (Lipinski definition) is 2. The van der Waals surface area contributed by atoms with Crippen LogP contribution in [0.1, 0.15) is 46.0 Å². The molecule has 1 aliphatic carbocycles. The highest BCUT2D eigenvalue weighted by atomic mass is 35.5. The first-order valence-corrected chi connectivity index (χ1v) is 7.10. The van der Waals surface area contributed by atoms with E-state index < -0.39 is 0 Å². The maximum Gasteiger partial charge on any atom is 0.225 e. The normalized spacial score (nSPS) is 22.4. The molecule has 2 N–H and O–H groups in total. The molecule has 1 saturated heterocycles. The highest BCUT2D eigenvalue weighted by Gasteiger charge is 2.35. The Morgan fingerprint density at radius 3 is 2.39 bits per heavy atom. The molecule has 0 atom stereocenters. The number of halogens is 1. The first-order chi connectivity index (χ1) is 8.11. The molecule has 0 bridgehead atoms. The van der Waals surface area contributed by atoms with Crippen LogP contribution in [0.25, 0.3) is 0 Å². The van der Waals surface area contributed by atoms with Crippen molar-refractivity contribution in [1.82, 2.24) is 10.6 Å². The van der Waals surface area contributed by atoms with E-state index in [2.05, 4.69) is 24.5 Å². The second-order valence-electron chi connectivity index (χ2n) is 6.38. The summed E-state index contributed by atoms with van der Waals surface area (Å²) in [7, 11) is 0. The molecule has 0 aromatic rings. The van der Waals surface area contributed by atoms with Crippen LogP contribution < -0.4 is 10.6 Å². The standard InChI is InChI=1S/C14H26N2O.ClH/c1-11(2)7-14(5-3-4-6-14)10-16-13(17)12-8-15-9-12;/h11-12,15H,3-10H2,1-2H3,(H,16,17);1H. The van der Waals surface area contributed by atoms with Gasteiger partial charge in [0.2, 0.25) is 5.91 Å². The molecular weight excluding hydrogens is 248 g/mol. The number of hydrogen-bond donors (Lipinski definition) is 2. The lowest BCUT2D eigenvalue weighted by atomic mass is 9.78. The fraction of sp³-hybridized carbons (Fsp3) is 0.929. The molecule has 2 rings (SSSR count). The van der Waals surface area contributed by atoms with Crippen molar-refractivity contribution >= 4 is 18.3 Å². The second kappa shape index (κ2) is 6.76. The van der Waals surface area contributed by atoms with E-state index >= 15 is 0 Å². The van der Waals surface area contributed by atoms with E-state index in [1.54, 1.807) is 0 Å². The van der Waals surface area contributed by atoms with Crippen molar-refractivity contribution in [3.8, 4) is 0 Å². The summed E-state index contributed by atoms with van der Waals surface area (Å²) >= 11 is 0. The van der Waals surface area contributed by atoms with Gasteiger partial charge in [0.25, 0.3) is 0 Å². The SMILES string of the molecule is CC(C)CC1(CNC(=O)C2CNC2)CCCC1.Cl. The molecule has 0 aromatic heterocycles. The summed E-state index contributed by atoms with van der Waals surface area (Å²) < 4.78 is 0. The van der Waals surface area contributed by atoms with Crippen LogP contribution in [0.2, 0.25) is 0 Å². The fourth-order valence-electron chi connectivity index (χ4n) is 3.34. The van der Waals surface area contributed by atoms with Gasteiger partial charge in [-0.1, -0.05) is 26.7 Å². The summed E-state index contributed by atoms with van der Waals surface area (Å²) in [6.45, 7) is 7.21. The van der Waals surface area contributed by atoms with Crippen molar-refractivity contribution in [2.75, 3.05) is 19.6 Å². The van der Waals surface area contributed by atoms with Crippen LogP contribution in [0.4, 0.5) is 0 Å². The van der Waals surface area contributed by atoms with E-state index in [4.69, 9.17) is 0 Å². The van der Waals surface area contributed by atoms with Gasteiger partial charge in [0.05, 0.1) is 5.92 Å². The Labute approximate surface area is 117 Å². The summed E-state index contributed by atoms with van der Waals surface area (Å²) in [4.78, 5) is 11.9. The number of rotatable bonds is 5. The molecule has 1 aliphatic heterocycles. The van der Waals surface area contributed by atoms with E-state index in [0.717, 1.165) is 25.6 Å². The Morgan fingerprint density at radius 1 is 1.33 bits per heavy atom. The Bertz CT molecular complexity index is 271. The molecule has 1 amide bonds. The quantitative estimate of drug-likeness (QED) is 0.808. The van der Waals surface area contributed by atoms with E-state index in [-0.39, 0.29) is 24.2 Å². The minimum Gasteiger partial charge on any atom is -0.355 e. The molecule has 18 heavy (non-hydrogen) atoms. The lowest BCUT2D eigenvalue weighted by molar-refractivity contribution is -0.127. The van der Waals surface area contributed by atoms with Crippen LogP contribution in [0, 0.1) is 17.3 Å². The number of amides is 1. The molecule has 0 radical (unpaired) electrons. The lowest BCUT2D eigenvalue weighted by Gasteiger charge is -2.33. The predicted molar refractivity (Wildman–Crippen MR) is 77.0 cm³/mol. The zero-order chi connectivity index (χ0) is 12.3. The zero-order valence-electron chi connectivity index (χ0n) is 11.6. The Hall–Kier alpha value is -0.280. The highest BCUT2D eigenvalue weighted by Crippen LogP contribution is 2.42. The van der Waals surface area contributed by atoms with Crippen molar-refractivity contribution in [3.63, 3.8) is 0 Å². The van der Waals surface area contributed by atoms with Crippen LogP contribution in [-0.2, 0) is 4.79 Å². The van der Waals surface area contributed by atoms with Gasteiger partial charge in [0.15, 0.2) is 0 Å². The largest absolute Gasteiger partial charge is 0.355 e. The maximum absolute atomic E-state index is 11.9. The van der Waals surface area contributed by atoms with Gasteiger partial charge >= 0.3 is 0 Å². The van der Waals surface area contributed by atoms with Crippen molar-refractivity contribution < 1.29 is 4.79 Å². The molecule has 0 spiro atoms. The first kappa shape index (κ1) is 15.8. The molecular formula is C14H27ClN2O. The van der Waals surface area contributed by atoms with E-state index in [1.807, 2.05) is 0 Å². The van der Waals surface area contributed by atoms with Crippen molar-refractivity contribution in [1.29, 1.82) is 0 Å². The monoisotopic (exact) mass is 274 g/mol. The smallest absolute Gasteiger partial charge is 0.225 e. The molecule has 1 saturated carbocycles. The summed E-state index contributed by atoms with van der Waals surface area (Å²) in [5, 5.41) is 6.34. The van der Waals surface area contributed by atoms with Gasteiger partial charge in [-0.2, -0.15) is 0 Å². The molecule has 0 unspecified atom stereocenters. The maximum atomic E-state index is 11.9. The lowest BCUT2D eigenvalue weighted by Crippen LogP contribution is -2.52. The number of nitrogens with one attached hydrogen (secondary N) is 2. The topological polar surface area (TPSA) is 41.1 Å². The first-order valence-electron chi connectivity index (χ1n) is 7.10. The Balaban J connectivity index is 0.00000162. The third kappa shape index (κ3) is 3.86. The van der Waals surface area contributed by atoms with Gasteiger partial charge in [0, 0.05) is 19.6 Å². The van der Waals surface area contributed by atoms with Crippen molar-refractivity contribution in [3.05, 3.63) is 0 Å². The second-order valence-corrected chi connectivity index (χ2v) is 6.38. The van der Waals surface area contributed by atoms with Gasteiger partial charge in [-0.05, 0) is 30.6 Å². The Morgan fingerprint density at radius 2 is 1.94 bits per heavy atom. The van der Waals surface area contributed by atoms with Crippen LogP contribution in [0.5, 0.6) is 0 Å². The minimum absolute atomic E-state index is 0. The molecule has 3 nitrogen and oxygen atoms in total. The van der Waals surface area contributed by atoms with Gasteiger partial charge in [-0.3, -0.25) is 4.79 Å². The number of carbonyl (C=O) groups excluding carboxylic acids is 1. The molecule has 1 heterocycles. The third-order valence-corrected chi connectivity index (χ3v) is 4.30. The van der Waals surface area contributed by atoms with Crippen molar-refractivity contribution in [2.45, 2.75) is 46.0 Å². The average molecular weight is 275 g/mol. The van der Waals surface area contributed by atoms with Crippen LogP contribution in [-0.4, -0.2) is 25.5 Å². The highest BCUT2D eigenvalue weighted by molar-refractivity contribution is 5.85. The van der Waals surface area contributed by atoms with Crippen molar-refractivity contribution in [2.24, 2.45) is 17.3 Å². The molecule has 106 valence electrons. The molecule has 2 fully saturated rings. The van der Waals surface area contributed by atoms with Crippen LogP contribution >= 0.6 is 12.4 Å². The van der Waals surface area contributed by atoms with Crippen LogP contribution in [0.3, 0.4) is 0 Å². The van der Waals surface area contributed by atoms with Gasteiger partial charge in [-0.25, -0.2) is 0 Å². The molecule has 2 aliphatic rings. The summed E-state index contributed by atoms with van der Waals surface area (Å²) in [5.41, 5.74) is 0.404. The van der Waals surface area contributed by atoms with Gasteiger partial charge in [-0.15, -0.1) is 12.4 Å². The average Bonchev–Trinajstić information content (AvgIpc) is 2.60. The van der Waals surface area contributed by atoms with Crippen LogP contribution in [0.15, 0.2) is 0 Å². The summed E-state index contributed by atoms with van der Waals surface area (Å²) in [6.07, 6.45) is 6.54. The summed E-state index contributed by atoms with van der Waals surface area (Å²) in [6, 6.07) is 0. The minimum atomic E-state index is 0. The van der Waals surface area contributed by atoms with E-state index in [0.29, 0.717) is 5.41 Å². The predicted octanol–water partition coefficient (Wildman–Crippen LogP) is 2.35. The Kier molecular flexibility index (Phi) is 5.93.